The maximum atomic E-state index is 11.3. The first kappa shape index (κ1) is 11.3. The summed E-state index contributed by atoms with van der Waals surface area (Å²) in [6, 6.07) is 0. The van der Waals surface area contributed by atoms with E-state index in [4.69, 9.17) is 16.3 Å². The van der Waals surface area contributed by atoms with Crippen LogP contribution in [0.25, 0.3) is 0 Å². The number of aromatic nitrogens is 1. The second-order valence-corrected chi connectivity index (χ2v) is 3.50. The Hall–Kier alpha value is -0.810. The van der Waals surface area contributed by atoms with Crippen LogP contribution in [0, 0.1) is 0 Å². The van der Waals surface area contributed by atoms with E-state index in [2.05, 4.69) is 25.7 Å². The van der Waals surface area contributed by atoms with Gasteiger partial charge in [-0.25, -0.2) is 9.78 Å². The van der Waals surface area contributed by atoms with Crippen LogP contribution in [0.2, 0.25) is 5.02 Å². The highest BCUT2D eigenvalue weighted by Gasteiger charge is 2.19. The van der Waals surface area contributed by atoms with Gasteiger partial charge in [0.1, 0.15) is 0 Å². The van der Waals surface area contributed by atoms with Gasteiger partial charge in [0, 0.05) is 0 Å². The van der Waals surface area contributed by atoms with E-state index < -0.39 is 5.97 Å². The summed E-state index contributed by atoms with van der Waals surface area (Å²) in [5, 5.41) is 0.213. The normalized spacial score (nSPS) is 9.71. The summed E-state index contributed by atoms with van der Waals surface area (Å²) < 4.78 is 9.86. The van der Waals surface area contributed by atoms with Gasteiger partial charge in [0.05, 0.1) is 35.5 Å². The number of pyridine rings is 1. The number of hydrogen-bond acceptors (Lipinski definition) is 4. The summed E-state index contributed by atoms with van der Waals surface area (Å²) in [5.41, 5.74) is 0.209. The van der Waals surface area contributed by atoms with Crippen molar-refractivity contribution in [3.63, 3.8) is 0 Å². The van der Waals surface area contributed by atoms with Crippen molar-refractivity contribution in [3.05, 3.63) is 21.3 Å². The number of ether oxygens (including phenoxy) is 2. The minimum atomic E-state index is -0.539. The van der Waals surface area contributed by atoms with Crippen LogP contribution in [0.3, 0.4) is 0 Å². The number of carbonyl (C=O) groups excluding carboxylic acids is 1. The topological polar surface area (TPSA) is 48.4 Å². The summed E-state index contributed by atoms with van der Waals surface area (Å²) in [6.07, 6.45) is 1.33. The zero-order valence-corrected chi connectivity index (χ0v) is 9.85. The van der Waals surface area contributed by atoms with Crippen molar-refractivity contribution in [1.82, 2.24) is 4.98 Å². The fraction of sp³-hybridized carbons (Fsp3) is 0.250. The molecule has 0 fully saturated rings. The van der Waals surface area contributed by atoms with Crippen molar-refractivity contribution >= 4 is 33.5 Å². The summed E-state index contributed by atoms with van der Waals surface area (Å²) in [5.74, 6) is -0.252. The molecule has 4 nitrogen and oxygen atoms in total. The molecular weight excluding hydrogens is 273 g/mol. The third-order valence-electron chi connectivity index (χ3n) is 1.52. The van der Waals surface area contributed by atoms with Gasteiger partial charge >= 0.3 is 5.97 Å². The fourth-order valence-corrected chi connectivity index (χ4v) is 1.85. The van der Waals surface area contributed by atoms with E-state index in [1.807, 2.05) is 0 Å². The molecule has 0 aliphatic carbocycles. The Morgan fingerprint density at radius 1 is 1.57 bits per heavy atom. The van der Waals surface area contributed by atoms with Crippen LogP contribution in [0.1, 0.15) is 10.4 Å². The first-order valence-corrected chi connectivity index (χ1v) is 4.75. The van der Waals surface area contributed by atoms with E-state index in [-0.39, 0.29) is 16.5 Å². The first-order valence-electron chi connectivity index (χ1n) is 3.58. The lowest BCUT2D eigenvalue weighted by Crippen LogP contribution is -2.05. The maximum absolute atomic E-state index is 11.3. The largest absolute Gasteiger partial charge is 0.480 e. The lowest BCUT2D eigenvalue weighted by atomic mass is 10.2. The molecule has 0 saturated carbocycles. The van der Waals surface area contributed by atoms with Crippen LogP contribution in [0.15, 0.2) is 10.7 Å². The Morgan fingerprint density at radius 2 is 2.21 bits per heavy atom. The Balaban J connectivity index is 3.32. The molecule has 1 aromatic rings. The molecule has 0 aromatic carbocycles. The second-order valence-electron chi connectivity index (χ2n) is 2.30. The van der Waals surface area contributed by atoms with E-state index in [0.717, 1.165) is 0 Å². The summed E-state index contributed by atoms with van der Waals surface area (Å²) in [6.45, 7) is 0. The number of rotatable bonds is 2. The zero-order chi connectivity index (χ0) is 10.7. The van der Waals surface area contributed by atoms with Gasteiger partial charge in [-0.05, 0) is 15.9 Å². The molecule has 14 heavy (non-hydrogen) atoms. The molecule has 0 aliphatic heterocycles. The molecule has 1 heterocycles. The van der Waals surface area contributed by atoms with Crippen molar-refractivity contribution in [2.45, 2.75) is 0 Å². The third-order valence-corrected chi connectivity index (χ3v) is 2.55. The molecule has 0 atom stereocenters. The van der Waals surface area contributed by atoms with Gasteiger partial charge in [-0.3, -0.25) is 0 Å². The fourth-order valence-electron chi connectivity index (χ4n) is 0.880. The number of hydrogen-bond donors (Lipinski definition) is 0. The van der Waals surface area contributed by atoms with E-state index >= 15 is 0 Å². The summed E-state index contributed by atoms with van der Waals surface area (Å²) in [7, 11) is 2.72. The molecule has 1 aromatic heterocycles. The second kappa shape index (κ2) is 4.61. The van der Waals surface area contributed by atoms with Crippen LogP contribution in [-0.2, 0) is 4.74 Å². The van der Waals surface area contributed by atoms with Gasteiger partial charge in [-0.15, -0.1) is 0 Å². The first-order chi connectivity index (χ1) is 6.61. The summed E-state index contributed by atoms with van der Waals surface area (Å²) in [4.78, 5) is 15.2. The van der Waals surface area contributed by atoms with Crippen LogP contribution in [-0.4, -0.2) is 25.2 Å². The van der Waals surface area contributed by atoms with Gasteiger partial charge in [-0.2, -0.15) is 0 Å². The molecule has 76 valence electrons. The monoisotopic (exact) mass is 279 g/mol. The van der Waals surface area contributed by atoms with Crippen LogP contribution < -0.4 is 4.74 Å². The number of halogens is 2. The molecule has 0 unspecified atom stereocenters. The number of nitrogens with zero attached hydrogens (tertiary/aromatic N) is 1. The van der Waals surface area contributed by atoms with E-state index in [1.54, 1.807) is 0 Å². The van der Waals surface area contributed by atoms with Gasteiger partial charge in [0.15, 0.2) is 0 Å². The molecule has 0 aliphatic rings. The Kier molecular flexibility index (Phi) is 3.71. The van der Waals surface area contributed by atoms with Crippen LogP contribution in [0.5, 0.6) is 5.88 Å². The lowest BCUT2D eigenvalue weighted by Gasteiger charge is -2.07. The van der Waals surface area contributed by atoms with Gasteiger partial charge in [0.2, 0.25) is 5.88 Å². The average molecular weight is 281 g/mol. The third kappa shape index (κ3) is 1.99. The van der Waals surface area contributed by atoms with Crippen molar-refractivity contribution in [3.8, 4) is 5.88 Å². The van der Waals surface area contributed by atoms with E-state index in [1.165, 1.54) is 20.4 Å². The van der Waals surface area contributed by atoms with Crippen LogP contribution in [0.4, 0.5) is 0 Å². The Bertz CT molecular complexity index is 370. The Morgan fingerprint density at radius 3 is 2.71 bits per heavy atom. The predicted molar refractivity (Wildman–Crippen MR) is 54.8 cm³/mol. The number of carbonyl (C=O) groups is 1. The predicted octanol–water partition coefficient (Wildman–Crippen LogP) is 2.29. The highest BCUT2D eigenvalue weighted by molar-refractivity contribution is 9.10. The SMILES string of the molecule is COC(=O)c1c(Cl)cnc(OC)c1Br. The van der Waals surface area contributed by atoms with E-state index in [0.29, 0.717) is 4.47 Å². The summed E-state index contributed by atoms with van der Waals surface area (Å²) >= 11 is 8.94. The smallest absolute Gasteiger partial charge is 0.340 e. The number of methoxy groups -OCH3 is 2. The molecule has 0 amide bonds. The molecule has 6 heteroatoms. The highest BCUT2D eigenvalue weighted by Crippen LogP contribution is 2.31. The van der Waals surface area contributed by atoms with Gasteiger partial charge in [-0.1, -0.05) is 11.6 Å². The van der Waals surface area contributed by atoms with Crippen molar-refractivity contribution < 1.29 is 14.3 Å². The molecule has 0 radical (unpaired) electrons. The quantitative estimate of drug-likeness (QED) is 0.780. The Labute approximate surface area is 94.3 Å². The minimum absolute atomic E-state index is 0.209. The minimum Gasteiger partial charge on any atom is -0.480 e. The molecule has 0 bridgehead atoms. The van der Waals surface area contributed by atoms with Gasteiger partial charge < -0.3 is 9.47 Å². The van der Waals surface area contributed by atoms with Crippen molar-refractivity contribution in [2.75, 3.05) is 14.2 Å². The zero-order valence-electron chi connectivity index (χ0n) is 7.51. The van der Waals surface area contributed by atoms with Gasteiger partial charge in [0.25, 0.3) is 0 Å². The molecule has 0 saturated heterocycles. The average Bonchev–Trinajstić information content (AvgIpc) is 2.18. The van der Waals surface area contributed by atoms with Crippen LogP contribution >= 0.6 is 27.5 Å². The van der Waals surface area contributed by atoms with Crippen molar-refractivity contribution in [1.29, 1.82) is 0 Å². The van der Waals surface area contributed by atoms with Crippen molar-refractivity contribution in [2.24, 2.45) is 0 Å². The molecular formula is C8H7BrClNO3. The molecule has 0 N–H and O–H groups in total. The standard InChI is InChI=1S/C8H7BrClNO3/c1-13-7-6(9)5(8(12)14-2)4(10)3-11-7/h3H,1-2H3. The highest BCUT2D eigenvalue weighted by atomic mass is 79.9. The lowest BCUT2D eigenvalue weighted by molar-refractivity contribution is 0.0599. The molecule has 1 rings (SSSR count). The van der Waals surface area contributed by atoms with E-state index in [9.17, 15) is 4.79 Å². The molecule has 0 spiro atoms. The maximum Gasteiger partial charge on any atom is 0.340 e. The number of esters is 1.